The monoisotopic (exact) mass is 330 g/mol. The lowest BCUT2D eigenvalue weighted by Crippen LogP contribution is -2.46. The van der Waals surface area contributed by atoms with Crippen LogP contribution in [-0.2, 0) is 0 Å². The number of piperazine rings is 1. The van der Waals surface area contributed by atoms with Gasteiger partial charge in [0.2, 0.25) is 0 Å². The molecule has 0 saturated carbocycles. The van der Waals surface area contributed by atoms with Crippen LogP contribution in [0.25, 0.3) is 0 Å². The Morgan fingerprint density at radius 3 is 2.67 bits per heavy atom. The van der Waals surface area contributed by atoms with Crippen molar-refractivity contribution in [3.8, 4) is 5.75 Å². The Morgan fingerprint density at radius 1 is 1.08 bits per heavy atom. The first-order chi connectivity index (χ1) is 11.9. The van der Waals surface area contributed by atoms with Gasteiger partial charge in [-0.3, -0.25) is 4.90 Å². The summed E-state index contributed by atoms with van der Waals surface area (Å²) in [6, 6.07) is 8.93. The Bertz CT molecular complexity index is 526. The average molecular weight is 330 g/mol. The second kappa shape index (κ2) is 8.83. The lowest BCUT2D eigenvalue weighted by atomic mass is 10.1. The van der Waals surface area contributed by atoms with Crippen LogP contribution in [0.1, 0.15) is 19.3 Å². The van der Waals surface area contributed by atoms with Crippen LogP contribution < -0.4 is 20.3 Å². The zero-order valence-corrected chi connectivity index (χ0v) is 14.7. The Morgan fingerprint density at radius 2 is 1.92 bits per heavy atom. The minimum atomic E-state index is 0.595. The van der Waals surface area contributed by atoms with Crippen LogP contribution in [0.4, 0.5) is 5.69 Å². The Hall–Kier alpha value is -1.88. The fraction of sp³-hybridized carbons (Fsp3) is 0.579. The van der Waals surface area contributed by atoms with Gasteiger partial charge in [0.05, 0.1) is 12.8 Å². The molecule has 5 nitrogen and oxygen atoms in total. The molecule has 0 aromatic heterocycles. The average Bonchev–Trinajstić information content (AvgIpc) is 2.66. The lowest BCUT2D eigenvalue weighted by Gasteiger charge is -2.36. The van der Waals surface area contributed by atoms with E-state index >= 15 is 0 Å². The van der Waals surface area contributed by atoms with Crippen LogP contribution in [-0.4, -0.2) is 57.3 Å². The summed E-state index contributed by atoms with van der Waals surface area (Å²) in [7, 11) is 1.75. The van der Waals surface area contributed by atoms with Gasteiger partial charge in [0, 0.05) is 51.2 Å². The van der Waals surface area contributed by atoms with E-state index in [-0.39, 0.29) is 0 Å². The quantitative estimate of drug-likeness (QED) is 0.749. The van der Waals surface area contributed by atoms with Gasteiger partial charge in [-0.1, -0.05) is 18.6 Å². The lowest BCUT2D eigenvalue weighted by molar-refractivity contribution is 0.250. The summed E-state index contributed by atoms with van der Waals surface area (Å²) in [5.74, 6) is 0.980. The number of anilines is 1. The molecule has 2 N–H and O–H groups in total. The highest BCUT2D eigenvalue weighted by Crippen LogP contribution is 2.28. The number of unbranched alkanes of at least 4 members (excludes halogenated alkanes) is 1. The molecule has 5 heteroatoms. The summed E-state index contributed by atoms with van der Waals surface area (Å²) in [6.07, 6.45) is 7.83. The second-order valence-corrected chi connectivity index (χ2v) is 6.60. The van der Waals surface area contributed by atoms with Gasteiger partial charge in [-0.2, -0.15) is 0 Å². The first-order valence-electron chi connectivity index (χ1n) is 9.11. The van der Waals surface area contributed by atoms with Crippen LogP contribution in [0.15, 0.2) is 36.7 Å². The molecule has 0 radical (unpaired) electrons. The highest BCUT2D eigenvalue weighted by Gasteiger charge is 2.19. The standard InChI is InChI=1S/C19H30N4O/c1-24-19-8-3-2-7-18(19)23-14-12-22(13-15-23)11-5-4-6-17-16-20-9-10-21-17/h2-3,7-10,17,20-21H,4-6,11-16H2,1H3. The van der Waals surface area contributed by atoms with E-state index in [1.807, 2.05) is 24.5 Å². The molecule has 1 aromatic rings. The van der Waals surface area contributed by atoms with Gasteiger partial charge >= 0.3 is 0 Å². The molecule has 2 aliphatic rings. The van der Waals surface area contributed by atoms with Gasteiger partial charge in [-0.15, -0.1) is 0 Å². The molecule has 132 valence electrons. The number of ether oxygens (including phenoxy) is 1. The number of nitrogens with one attached hydrogen (secondary N) is 2. The van der Waals surface area contributed by atoms with Crippen LogP contribution in [0.3, 0.4) is 0 Å². The van der Waals surface area contributed by atoms with Crippen LogP contribution >= 0.6 is 0 Å². The molecule has 1 fully saturated rings. The third-order valence-electron chi connectivity index (χ3n) is 4.97. The van der Waals surface area contributed by atoms with E-state index in [1.165, 1.54) is 31.5 Å². The van der Waals surface area contributed by atoms with Crippen molar-refractivity contribution in [1.82, 2.24) is 15.5 Å². The molecule has 1 saturated heterocycles. The fourth-order valence-electron chi connectivity index (χ4n) is 3.53. The van der Waals surface area contributed by atoms with Gasteiger partial charge in [0.25, 0.3) is 0 Å². The third kappa shape index (κ3) is 4.57. The minimum Gasteiger partial charge on any atom is -0.495 e. The largest absolute Gasteiger partial charge is 0.495 e. The maximum Gasteiger partial charge on any atom is 0.142 e. The number of rotatable bonds is 7. The van der Waals surface area contributed by atoms with E-state index in [9.17, 15) is 0 Å². The van der Waals surface area contributed by atoms with Gasteiger partial charge in [0.15, 0.2) is 0 Å². The number of nitrogens with zero attached hydrogens (tertiary/aromatic N) is 2. The van der Waals surface area contributed by atoms with Gasteiger partial charge in [-0.05, 0) is 31.5 Å². The molecule has 1 aromatic carbocycles. The van der Waals surface area contributed by atoms with Gasteiger partial charge in [-0.25, -0.2) is 0 Å². The summed E-state index contributed by atoms with van der Waals surface area (Å²) in [5, 5.41) is 6.70. The summed E-state index contributed by atoms with van der Waals surface area (Å²) >= 11 is 0. The fourth-order valence-corrected chi connectivity index (χ4v) is 3.53. The molecule has 1 atom stereocenters. The molecule has 0 amide bonds. The van der Waals surface area contributed by atoms with E-state index in [0.29, 0.717) is 6.04 Å². The number of hydrogen-bond donors (Lipinski definition) is 2. The van der Waals surface area contributed by atoms with Crippen molar-refractivity contribution in [2.24, 2.45) is 0 Å². The van der Waals surface area contributed by atoms with Crippen molar-refractivity contribution in [2.75, 3.05) is 51.3 Å². The summed E-state index contributed by atoms with van der Waals surface area (Å²) in [5.41, 5.74) is 1.23. The zero-order valence-electron chi connectivity index (χ0n) is 14.7. The van der Waals surface area contributed by atoms with Crippen LogP contribution in [0.2, 0.25) is 0 Å². The van der Waals surface area contributed by atoms with E-state index < -0.39 is 0 Å². The maximum atomic E-state index is 5.49. The first kappa shape index (κ1) is 17.0. The predicted octanol–water partition coefficient (Wildman–Crippen LogP) is 2.02. The first-order valence-corrected chi connectivity index (χ1v) is 9.11. The van der Waals surface area contributed by atoms with Gasteiger partial charge in [0.1, 0.15) is 5.75 Å². The smallest absolute Gasteiger partial charge is 0.142 e. The van der Waals surface area contributed by atoms with Crippen LogP contribution in [0, 0.1) is 0 Å². The second-order valence-electron chi connectivity index (χ2n) is 6.60. The maximum absolute atomic E-state index is 5.49. The predicted molar refractivity (Wildman–Crippen MR) is 99.6 cm³/mol. The summed E-state index contributed by atoms with van der Waals surface area (Å²) < 4.78 is 5.49. The van der Waals surface area contributed by atoms with Crippen molar-refractivity contribution >= 4 is 5.69 Å². The van der Waals surface area contributed by atoms with Crippen LogP contribution in [0.5, 0.6) is 5.75 Å². The number of para-hydroxylation sites is 2. The molecule has 2 aliphatic heterocycles. The van der Waals surface area contributed by atoms with E-state index in [1.54, 1.807) is 7.11 Å². The van der Waals surface area contributed by atoms with Crippen molar-refractivity contribution < 1.29 is 4.74 Å². The van der Waals surface area contributed by atoms with Crippen molar-refractivity contribution in [3.05, 3.63) is 36.7 Å². The minimum absolute atomic E-state index is 0.595. The molecular formula is C19H30N4O. The Labute approximate surface area is 145 Å². The molecule has 24 heavy (non-hydrogen) atoms. The number of methoxy groups -OCH3 is 1. The SMILES string of the molecule is COc1ccccc1N1CCN(CCCCC2CNC=CN2)CC1. The van der Waals surface area contributed by atoms with Crippen molar-refractivity contribution in [2.45, 2.75) is 25.3 Å². The van der Waals surface area contributed by atoms with Crippen molar-refractivity contribution in [3.63, 3.8) is 0 Å². The molecule has 1 unspecified atom stereocenters. The normalized spacial score (nSPS) is 21.2. The van der Waals surface area contributed by atoms with E-state index in [4.69, 9.17) is 4.74 Å². The molecule has 0 bridgehead atoms. The molecular weight excluding hydrogens is 300 g/mol. The Kier molecular flexibility index (Phi) is 6.24. The number of hydrogen-bond acceptors (Lipinski definition) is 5. The third-order valence-corrected chi connectivity index (χ3v) is 4.97. The molecule has 3 rings (SSSR count). The summed E-state index contributed by atoms with van der Waals surface area (Å²) in [4.78, 5) is 5.04. The summed E-state index contributed by atoms with van der Waals surface area (Å²) in [6.45, 7) is 6.72. The topological polar surface area (TPSA) is 39.8 Å². The van der Waals surface area contributed by atoms with E-state index in [2.05, 4.69) is 32.6 Å². The van der Waals surface area contributed by atoms with Crippen molar-refractivity contribution in [1.29, 1.82) is 0 Å². The zero-order chi connectivity index (χ0) is 16.6. The van der Waals surface area contributed by atoms with Gasteiger partial charge < -0.3 is 20.3 Å². The highest BCUT2D eigenvalue weighted by atomic mass is 16.5. The molecule has 2 heterocycles. The van der Waals surface area contributed by atoms with E-state index in [0.717, 1.165) is 38.5 Å². The molecule has 0 aliphatic carbocycles. The Balaban J connectivity index is 1.35. The number of benzene rings is 1. The molecule has 0 spiro atoms. The highest BCUT2D eigenvalue weighted by molar-refractivity contribution is 5.58.